The molecule has 0 fully saturated rings. The Balaban J connectivity index is 1.42. The van der Waals surface area contributed by atoms with Crippen LogP contribution >= 0.6 is 34.8 Å². The SMILES string of the molecule is O=C(Oc1ccc([C@H]2Nc3c(Cl)cc(Cl)c(Cl)c3[C@@H]3C=CC[C@H]23)cc1)c1ccccc1. The molecule has 1 N–H and O–H groups in total. The molecule has 31 heavy (non-hydrogen) atoms. The van der Waals surface area contributed by atoms with Crippen molar-refractivity contribution in [3.05, 3.63) is 105 Å². The zero-order valence-electron chi connectivity index (χ0n) is 16.3. The van der Waals surface area contributed by atoms with Crippen molar-refractivity contribution in [2.24, 2.45) is 5.92 Å². The molecule has 0 radical (unpaired) electrons. The molecule has 2 aliphatic rings. The molecule has 0 unspecified atom stereocenters. The third kappa shape index (κ3) is 3.71. The Morgan fingerprint density at radius 3 is 2.45 bits per heavy atom. The van der Waals surface area contributed by atoms with Gasteiger partial charge < -0.3 is 10.1 Å². The van der Waals surface area contributed by atoms with Gasteiger partial charge in [0.2, 0.25) is 0 Å². The third-order valence-corrected chi connectivity index (χ3v) is 7.04. The monoisotopic (exact) mass is 469 g/mol. The van der Waals surface area contributed by atoms with Crippen LogP contribution in [0.1, 0.15) is 39.9 Å². The Morgan fingerprint density at radius 1 is 0.968 bits per heavy atom. The van der Waals surface area contributed by atoms with Gasteiger partial charge in [-0.05, 0) is 48.2 Å². The van der Waals surface area contributed by atoms with Crippen LogP contribution in [0.5, 0.6) is 5.75 Å². The van der Waals surface area contributed by atoms with E-state index in [0.29, 0.717) is 26.4 Å². The summed E-state index contributed by atoms with van der Waals surface area (Å²) in [7, 11) is 0. The molecule has 156 valence electrons. The summed E-state index contributed by atoms with van der Waals surface area (Å²) >= 11 is 19.4. The zero-order valence-corrected chi connectivity index (χ0v) is 18.6. The molecule has 3 aromatic carbocycles. The quantitative estimate of drug-likeness (QED) is 0.184. The second-order valence-corrected chi connectivity index (χ2v) is 8.94. The van der Waals surface area contributed by atoms with E-state index in [-0.39, 0.29) is 23.8 Å². The molecule has 1 aliphatic heterocycles. The largest absolute Gasteiger partial charge is 0.423 e. The Labute approximate surface area is 195 Å². The van der Waals surface area contributed by atoms with Crippen molar-refractivity contribution in [3.8, 4) is 5.75 Å². The number of nitrogens with one attached hydrogen (secondary N) is 1. The van der Waals surface area contributed by atoms with E-state index in [1.54, 1.807) is 18.2 Å². The molecule has 0 aromatic heterocycles. The first-order valence-electron chi connectivity index (χ1n) is 10.0. The van der Waals surface area contributed by atoms with Crippen LogP contribution in [0.25, 0.3) is 0 Å². The average molecular weight is 471 g/mol. The van der Waals surface area contributed by atoms with Gasteiger partial charge in [0.15, 0.2) is 0 Å². The standard InChI is InChI=1S/C25H18Cl3NO2/c26-19-13-20(27)24-21(22(19)28)17-7-4-8-18(17)23(29-24)14-9-11-16(12-10-14)31-25(30)15-5-2-1-3-6-15/h1-7,9-13,17-18,23,29H,8H2/t17-,18+,23-/m1/s1. The molecular weight excluding hydrogens is 453 g/mol. The van der Waals surface area contributed by atoms with Gasteiger partial charge in [0.1, 0.15) is 5.75 Å². The highest BCUT2D eigenvalue weighted by atomic mass is 35.5. The van der Waals surface area contributed by atoms with Crippen LogP contribution in [0.3, 0.4) is 0 Å². The number of carbonyl (C=O) groups is 1. The summed E-state index contributed by atoms with van der Waals surface area (Å²) in [5.74, 6) is 0.553. The van der Waals surface area contributed by atoms with E-state index in [0.717, 1.165) is 23.2 Å². The van der Waals surface area contributed by atoms with Gasteiger partial charge in [-0.2, -0.15) is 0 Å². The Bertz CT molecular complexity index is 1180. The first-order chi connectivity index (χ1) is 15.0. The lowest BCUT2D eigenvalue weighted by atomic mass is 9.77. The molecule has 0 bridgehead atoms. The van der Waals surface area contributed by atoms with Crippen molar-refractivity contribution in [1.82, 2.24) is 0 Å². The highest BCUT2D eigenvalue weighted by molar-refractivity contribution is 6.44. The van der Waals surface area contributed by atoms with Gasteiger partial charge in [0.05, 0.1) is 32.4 Å². The molecule has 1 heterocycles. The maximum Gasteiger partial charge on any atom is 0.343 e. The smallest absolute Gasteiger partial charge is 0.343 e. The summed E-state index contributed by atoms with van der Waals surface area (Å²) in [6.07, 6.45) is 5.29. The Hall–Kier alpha value is -2.46. The topological polar surface area (TPSA) is 38.3 Å². The van der Waals surface area contributed by atoms with Gasteiger partial charge in [-0.25, -0.2) is 4.79 Å². The zero-order chi connectivity index (χ0) is 21.5. The summed E-state index contributed by atoms with van der Waals surface area (Å²) in [6, 6.07) is 18.3. The van der Waals surface area contributed by atoms with E-state index in [9.17, 15) is 4.79 Å². The summed E-state index contributed by atoms with van der Waals surface area (Å²) in [4.78, 5) is 12.3. The van der Waals surface area contributed by atoms with Crippen molar-refractivity contribution in [1.29, 1.82) is 0 Å². The van der Waals surface area contributed by atoms with Crippen molar-refractivity contribution in [3.63, 3.8) is 0 Å². The van der Waals surface area contributed by atoms with Crippen molar-refractivity contribution in [2.45, 2.75) is 18.4 Å². The number of halogens is 3. The van der Waals surface area contributed by atoms with Gasteiger partial charge in [-0.15, -0.1) is 0 Å². The van der Waals surface area contributed by atoms with Gasteiger partial charge in [0, 0.05) is 11.5 Å². The fraction of sp³-hybridized carbons (Fsp3) is 0.160. The van der Waals surface area contributed by atoms with Gasteiger partial charge >= 0.3 is 5.97 Å². The van der Waals surface area contributed by atoms with E-state index in [2.05, 4.69) is 17.5 Å². The van der Waals surface area contributed by atoms with Crippen molar-refractivity contribution >= 4 is 46.5 Å². The lowest BCUT2D eigenvalue weighted by molar-refractivity contribution is 0.0734. The fourth-order valence-electron chi connectivity index (χ4n) is 4.48. The molecular formula is C25H18Cl3NO2. The van der Waals surface area contributed by atoms with Gasteiger partial charge in [-0.1, -0.05) is 77.3 Å². The summed E-state index contributed by atoms with van der Waals surface area (Å²) in [6.45, 7) is 0. The summed E-state index contributed by atoms with van der Waals surface area (Å²) in [5, 5.41) is 5.16. The number of anilines is 1. The lowest BCUT2D eigenvalue weighted by Crippen LogP contribution is -2.29. The maximum absolute atomic E-state index is 12.3. The third-order valence-electron chi connectivity index (χ3n) is 5.94. The van der Waals surface area contributed by atoms with Crippen LogP contribution in [-0.4, -0.2) is 5.97 Å². The summed E-state index contributed by atoms with van der Waals surface area (Å²) in [5.41, 5.74) is 3.39. The van der Waals surface area contributed by atoms with E-state index < -0.39 is 0 Å². The number of ether oxygens (including phenoxy) is 1. The number of hydrogen-bond acceptors (Lipinski definition) is 3. The molecule has 0 amide bonds. The van der Waals surface area contributed by atoms with Gasteiger partial charge in [0.25, 0.3) is 0 Å². The summed E-state index contributed by atoms with van der Waals surface area (Å²) < 4.78 is 5.51. The van der Waals surface area contributed by atoms with Crippen LogP contribution < -0.4 is 10.1 Å². The predicted molar refractivity (Wildman–Crippen MR) is 126 cm³/mol. The first-order valence-corrected chi connectivity index (χ1v) is 11.1. The highest BCUT2D eigenvalue weighted by Gasteiger charge is 2.40. The molecule has 0 saturated heterocycles. The first kappa shape index (κ1) is 20.4. The molecule has 1 aliphatic carbocycles. The van der Waals surface area contributed by atoms with Crippen LogP contribution in [0, 0.1) is 5.92 Å². The van der Waals surface area contributed by atoms with E-state index in [1.165, 1.54) is 0 Å². The number of carbonyl (C=O) groups excluding carboxylic acids is 1. The normalized spacial score (nSPS) is 21.2. The second-order valence-electron chi connectivity index (χ2n) is 7.74. The predicted octanol–water partition coefficient (Wildman–Crippen LogP) is 7.69. The number of benzene rings is 3. The minimum Gasteiger partial charge on any atom is -0.423 e. The van der Waals surface area contributed by atoms with Gasteiger partial charge in [-0.3, -0.25) is 0 Å². The number of allylic oxidation sites excluding steroid dienone is 2. The molecule has 3 atom stereocenters. The van der Waals surface area contributed by atoms with Crippen molar-refractivity contribution in [2.75, 3.05) is 5.32 Å². The molecule has 3 aromatic rings. The number of fused-ring (bicyclic) bond motifs is 3. The van der Waals surface area contributed by atoms with E-state index >= 15 is 0 Å². The van der Waals surface area contributed by atoms with Crippen LogP contribution in [-0.2, 0) is 0 Å². The molecule has 3 nitrogen and oxygen atoms in total. The molecule has 5 rings (SSSR count). The van der Waals surface area contributed by atoms with Crippen molar-refractivity contribution < 1.29 is 9.53 Å². The second kappa shape index (κ2) is 8.23. The highest BCUT2D eigenvalue weighted by Crippen LogP contribution is 2.55. The number of hydrogen-bond donors (Lipinski definition) is 1. The minimum absolute atomic E-state index is 0.0427. The molecule has 6 heteroatoms. The Morgan fingerprint density at radius 2 is 1.71 bits per heavy atom. The number of esters is 1. The molecule has 0 saturated carbocycles. The minimum atomic E-state index is -0.378. The van der Waals surface area contributed by atoms with Crippen LogP contribution in [0.4, 0.5) is 5.69 Å². The average Bonchev–Trinajstić information content (AvgIpc) is 3.28. The van der Waals surface area contributed by atoms with E-state index in [4.69, 9.17) is 39.5 Å². The van der Waals surface area contributed by atoms with Crippen LogP contribution in [0.15, 0.2) is 72.8 Å². The lowest BCUT2D eigenvalue weighted by Gasteiger charge is -2.38. The molecule has 0 spiro atoms. The Kier molecular flexibility index (Phi) is 5.43. The fourth-order valence-corrected chi connectivity index (χ4v) is 5.28. The maximum atomic E-state index is 12.3. The van der Waals surface area contributed by atoms with Crippen LogP contribution in [0.2, 0.25) is 15.1 Å². The van der Waals surface area contributed by atoms with E-state index in [1.807, 2.05) is 42.5 Å². The number of rotatable bonds is 3.